The number of hydrogen-bond acceptors (Lipinski definition) is 3. The van der Waals surface area contributed by atoms with Crippen molar-refractivity contribution in [3.05, 3.63) is 35.9 Å². The van der Waals surface area contributed by atoms with Crippen molar-refractivity contribution >= 4 is 17.7 Å². The molecule has 0 aliphatic heterocycles. The third-order valence-corrected chi connectivity index (χ3v) is 5.14. The van der Waals surface area contributed by atoms with Gasteiger partial charge in [-0.1, -0.05) is 63.4 Å². The van der Waals surface area contributed by atoms with Gasteiger partial charge in [-0.25, -0.2) is 0 Å². The van der Waals surface area contributed by atoms with Gasteiger partial charge in [0.1, 0.15) is 0 Å². The van der Waals surface area contributed by atoms with E-state index < -0.39 is 0 Å². The first-order chi connectivity index (χ1) is 11.3. The number of esters is 1. The molecule has 0 saturated carbocycles. The highest BCUT2D eigenvalue weighted by Crippen LogP contribution is 2.14. The minimum Gasteiger partial charge on any atom is -0.465 e. The number of unbranched alkanes of at least 4 members (excludes halogenated alkanes) is 1. The maximum atomic E-state index is 11.8. The summed E-state index contributed by atoms with van der Waals surface area (Å²) in [6.07, 6.45) is 7.54. The van der Waals surface area contributed by atoms with E-state index in [1.54, 1.807) is 0 Å². The van der Waals surface area contributed by atoms with Gasteiger partial charge in [0.05, 0.1) is 13.0 Å². The van der Waals surface area contributed by atoms with Gasteiger partial charge < -0.3 is 4.74 Å². The predicted molar refractivity (Wildman–Crippen MR) is 101 cm³/mol. The molecule has 0 N–H and O–H groups in total. The highest BCUT2D eigenvalue weighted by atomic mass is 32.2. The zero-order valence-electron chi connectivity index (χ0n) is 14.8. The third-order valence-electron chi connectivity index (χ3n) is 4.07. The van der Waals surface area contributed by atoms with Gasteiger partial charge in [-0.2, -0.15) is 11.8 Å². The number of benzene rings is 1. The summed E-state index contributed by atoms with van der Waals surface area (Å²) in [6, 6.07) is 10.6. The summed E-state index contributed by atoms with van der Waals surface area (Å²) in [5.74, 6) is 2.49. The summed E-state index contributed by atoms with van der Waals surface area (Å²) in [5.41, 5.74) is 1.39. The summed E-state index contributed by atoms with van der Waals surface area (Å²) in [7, 11) is 0. The molecule has 1 rings (SSSR count). The summed E-state index contributed by atoms with van der Waals surface area (Å²) in [4.78, 5) is 11.8. The van der Waals surface area contributed by atoms with E-state index in [1.807, 2.05) is 11.8 Å². The molecule has 1 aromatic rings. The first kappa shape index (κ1) is 20.1. The molecule has 0 amide bonds. The maximum Gasteiger partial charge on any atom is 0.306 e. The van der Waals surface area contributed by atoms with Crippen LogP contribution in [0.5, 0.6) is 0 Å². The van der Waals surface area contributed by atoms with E-state index in [4.69, 9.17) is 4.74 Å². The molecule has 130 valence electrons. The van der Waals surface area contributed by atoms with E-state index in [1.165, 1.54) is 31.2 Å². The van der Waals surface area contributed by atoms with Crippen molar-refractivity contribution in [1.82, 2.24) is 0 Å². The third kappa shape index (κ3) is 10.4. The number of hydrogen-bond donors (Lipinski definition) is 0. The van der Waals surface area contributed by atoms with Crippen LogP contribution in [0.25, 0.3) is 0 Å². The van der Waals surface area contributed by atoms with Crippen molar-refractivity contribution < 1.29 is 9.53 Å². The number of ether oxygens (including phenoxy) is 1. The van der Waals surface area contributed by atoms with Crippen LogP contribution in [0.3, 0.4) is 0 Å². The number of carbonyl (C=O) groups excluding carboxylic acids is 1. The average Bonchev–Trinajstić information content (AvgIpc) is 2.59. The van der Waals surface area contributed by atoms with E-state index >= 15 is 0 Å². The lowest BCUT2D eigenvalue weighted by Crippen LogP contribution is -2.14. The van der Waals surface area contributed by atoms with Gasteiger partial charge in [0.15, 0.2) is 0 Å². The molecule has 0 spiro atoms. The first-order valence-electron chi connectivity index (χ1n) is 9.03. The van der Waals surface area contributed by atoms with Crippen molar-refractivity contribution in [3.63, 3.8) is 0 Å². The summed E-state index contributed by atoms with van der Waals surface area (Å²) < 4.78 is 5.42. The van der Waals surface area contributed by atoms with Crippen molar-refractivity contribution in [1.29, 1.82) is 0 Å². The molecule has 1 aromatic carbocycles. The number of carbonyl (C=O) groups is 1. The topological polar surface area (TPSA) is 26.3 Å². The van der Waals surface area contributed by atoms with Crippen molar-refractivity contribution in [2.24, 2.45) is 5.92 Å². The Kier molecular flexibility index (Phi) is 11.8. The molecule has 0 aliphatic carbocycles. The number of rotatable bonds is 13. The van der Waals surface area contributed by atoms with E-state index in [2.05, 4.69) is 44.2 Å². The molecule has 0 saturated heterocycles. The second-order valence-corrected chi connectivity index (χ2v) is 7.28. The molecule has 2 nitrogen and oxygen atoms in total. The summed E-state index contributed by atoms with van der Waals surface area (Å²) >= 11 is 1.85. The molecule has 3 heteroatoms. The molecule has 0 aromatic heterocycles. The molecule has 0 aliphatic rings. The Morgan fingerprint density at radius 1 is 1.13 bits per heavy atom. The fourth-order valence-corrected chi connectivity index (χ4v) is 3.33. The average molecular weight is 337 g/mol. The molecule has 0 radical (unpaired) electrons. The highest BCUT2D eigenvalue weighted by molar-refractivity contribution is 7.99. The number of thioether (sulfide) groups is 1. The lowest BCUT2D eigenvalue weighted by molar-refractivity contribution is -0.144. The zero-order valence-corrected chi connectivity index (χ0v) is 15.6. The van der Waals surface area contributed by atoms with Crippen LogP contribution in [0.1, 0.15) is 57.9 Å². The van der Waals surface area contributed by atoms with Crippen molar-refractivity contribution in [2.75, 3.05) is 18.1 Å². The first-order valence-corrected chi connectivity index (χ1v) is 10.2. The van der Waals surface area contributed by atoms with Crippen LogP contribution in [-0.4, -0.2) is 24.1 Å². The molecule has 23 heavy (non-hydrogen) atoms. The van der Waals surface area contributed by atoms with Crippen LogP contribution in [0, 0.1) is 5.92 Å². The Bertz CT molecular complexity index is 405. The molecule has 1 atom stereocenters. The molecular weight excluding hydrogens is 304 g/mol. The Morgan fingerprint density at radius 3 is 2.61 bits per heavy atom. The van der Waals surface area contributed by atoms with Crippen LogP contribution >= 0.6 is 11.8 Å². The fraction of sp³-hybridized carbons (Fsp3) is 0.650. The quantitative estimate of drug-likeness (QED) is 0.351. The molecule has 0 heterocycles. The lowest BCUT2D eigenvalue weighted by Gasteiger charge is -2.14. The van der Waals surface area contributed by atoms with Crippen LogP contribution in [0.2, 0.25) is 0 Å². The Hall–Kier alpha value is -0.960. The second-order valence-electron chi connectivity index (χ2n) is 6.05. The molecule has 1 unspecified atom stereocenters. The van der Waals surface area contributed by atoms with Crippen LogP contribution in [0.15, 0.2) is 30.3 Å². The lowest BCUT2D eigenvalue weighted by atomic mass is 10.0. The highest BCUT2D eigenvalue weighted by Gasteiger charge is 2.09. The predicted octanol–water partition coefficient (Wildman–Crippen LogP) is 5.50. The minimum absolute atomic E-state index is 0.0319. The Morgan fingerprint density at radius 2 is 1.91 bits per heavy atom. The van der Waals surface area contributed by atoms with E-state index in [0.717, 1.165) is 24.3 Å². The Balaban J connectivity index is 1.99. The molecular formula is C20H32O2S. The van der Waals surface area contributed by atoms with Gasteiger partial charge in [0, 0.05) is 5.75 Å². The SMILES string of the molecule is CCCCC(CC)COC(=O)CCSCCCc1ccccc1. The standard InChI is InChI=1S/C20H32O2S/c1-3-5-10-18(4-2)17-22-20(21)14-16-23-15-9-13-19-11-7-6-8-12-19/h6-8,11-12,18H,3-5,9-10,13-17H2,1-2H3. The van der Waals surface area contributed by atoms with Gasteiger partial charge in [0.25, 0.3) is 0 Å². The molecule has 0 bridgehead atoms. The summed E-state index contributed by atoms with van der Waals surface area (Å²) in [5, 5.41) is 0. The smallest absolute Gasteiger partial charge is 0.306 e. The van der Waals surface area contributed by atoms with Gasteiger partial charge in [-0.3, -0.25) is 4.79 Å². The fourth-order valence-electron chi connectivity index (χ4n) is 2.46. The van der Waals surface area contributed by atoms with Gasteiger partial charge in [0.2, 0.25) is 0 Å². The van der Waals surface area contributed by atoms with E-state index in [0.29, 0.717) is 18.9 Å². The van der Waals surface area contributed by atoms with E-state index in [-0.39, 0.29) is 5.97 Å². The maximum absolute atomic E-state index is 11.8. The molecule has 0 fully saturated rings. The normalized spacial score (nSPS) is 12.1. The van der Waals surface area contributed by atoms with Gasteiger partial charge in [-0.15, -0.1) is 0 Å². The van der Waals surface area contributed by atoms with Crippen LogP contribution < -0.4 is 0 Å². The van der Waals surface area contributed by atoms with Crippen molar-refractivity contribution in [3.8, 4) is 0 Å². The van der Waals surface area contributed by atoms with Gasteiger partial charge >= 0.3 is 5.97 Å². The van der Waals surface area contributed by atoms with Crippen molar-refractivity contribution in [2.45, 2.75) is 58.8 Å². The van der Waals surface area contributed by atoms with E-state index in [9.17, 15) is 4.79 Å². The Labute approximate surface area is 146 Å². The largest absolute Gasteiger partial charge is 0.465 e. The van der Waals surface area contributed by atoms with Crippen LogP contribution in [0.4, 0.5) is 0 Å². The zero-order chi connectivity index (χ0) is 16.8. The monoisotopic (exact) mass is 336 g/mol. The number of aryl methyl sites for hydroxylation is 1. The van der Waals surface area contributed by atoms with Crippen LogP contribution in [-0.2, 0) is 16.0 Å². The minimum atomic E-state index is -0.0319. The second kappa shape index (κ2) is 13.5. The van der Waals surface area contributed by atoms with Gasteiger partial charge in [-0.05, 0) is 36.5 Å². The summed E-state index contributed by atoms with van der Waals surface area (Å²) in [6.45, 7) is 4.98.